The largest absolute Gasteiger partial charge is 0.389 e. The summed E-state index contributed by atoms with van der Waals surface area (Å²) in [6.45, 7) is 1.37. The minimum absolute atomic E-state index is 0.0965. The number of carbonyl (C=O) groups excluding carboxylic acids is 1. The number of carbonyl (C=O) groups is 1. The van der Waals surface area contributed by atoms with E-state index < -0.39 is 0 Å². The van der Waals surface area contributed by atoms with Gasteiger partial charge in [0, 0.05) is 32.9 Å². The fourth-order valence-corrected chi connectivity index (χ4v) is 1.80. The van der Waals surface area contributed by atoms with E-state index in [0.717, 1.165) is 17.5 Å². The first-order chi connectivity index (χ1) is 9.04. The van der Waals surface area contributed by atoms with Crippen LogP contribution in [0, 0.1) is 0 Å². The maximum Gasteiger partial charge on any atom is 0.226 e. The van der Waals surface area contributed by atoms with Crippen LogP contribution in [0.3, 0.4) is 0 Å². The average molecular weight is 280 g/mol. The first-order valence-electron chi connectivity index (χ1n) is 6.16. The lowest BCUT2D eigenvalue weighted by Crippen LogP contribution is -2.29. The van der Waals surface area contributed by atoms with Gasteiger partial charge >= 0.3 is 0 Å². The number of amides is 1. The molecule has 0 fully saturated rings. The highest BCUT2D eigenvalue weighted by Crippen LogP contribution is 2.06. The minimum Gasteiger partial charge on any atom is -0.389 e. The maximum absolute atomic E-state index is 12.0. The van der Waals surface area contributed by atoms with E-state index in [9.17, 15) is 4.79 Å². The van der Waals surface area contributed by atoms with Gasteiger partial charge in [0.25, 0.3) is 0 Å². The van der Waals surface area contributed by atoms with E-state index in [-0.39, 0.29) is 5.91 Å². The number of ether oxygens (including phenoxy) is 1. The summed E-state index contributed by atoms with van der Waals surface area (Å²) < 4.78 is 4.96. The normalized spacial score (nSPS) is 10.2. The van der Waals surface area contributed by atoms with Crippen molar-refractivity contribution in [1.29, 1.82) is 0 Å². The van der Waals surface area contributed by atoms with E-state index in [4.69, 9.17) is 22.7 Å². The molecule has 0 aliphatic heterocycles. The topological polar surface area (TPSA) is 55.6 Å². The molecule has 1 rings (SSSR count). The van der Waals surface area contributed by atoms with Crippen molar-refractivity contribution in [2.24, 2.45) is 5.73 Å². The van der Waals surface area contributed by atoms with E-state index in [0.29, 0.717) is 24.6 Å². The van der Waals surface area contributed by atoms with Gasteiger partial charge in [-0.15, -0.1) is 0 Å². The number of hydrogen-bond donors (Lipinski definition) is 1. The zero-order chi connectivity index (χ0) is 14.3. The molecule has 0 heterocycles. The van der Waals surface area contributed by atoms with Crippen LogP contribution in [-0.2, 0) is 16.0 Å². The molecule has 0 atom stereocenters. The molecule has 2 N–H and O–H groups in total. The molecule has 1 aromatic rings. The quantitative estimate of drug-likeness (QED) is 0.605. The number of methoxy groups -OCH3 is 1. The molecule has 0 aliphatic rings. The molecule has 0 unspecified atom stereocenters. The highest BCUT2D eigenvalue weighted by atomic mass is 32.1. The summed E-state index contributed by atoms with van der Waals surface area (Å²) in [6, 6.07) is 7.45. The van der Waals surface area contributed by atoms with Crippen molar-refractivity contribution in [3.8, 4) is 0 Å². The molecule has 0 saturated carbocycles. The van der Waals surface area contributed by atoms with E-state index in [1.54, 1.807) is 19.1 Å². The van der Waals surface area contributed by atoms with Gasteiger partial charge in [-0.2, -0.15) is 0 Å². The van der Waals surface area contributed by atoms with E-state index in [2.05, 4.69) is 0 Å². The Morgan fingerprint density at radius 2 is 2.00 bits per heavy atom. The van der Waals surface area contributed by atoms with Crippen LogP contribution in [0.15, 0.2) is 24.3 Å². The summed E-state index contributed by atoms with van der Waals surface area (Å²) in [5.74, 6) is 0.0965. The number of nitrogens with zero attached hydrogens (tertiary/aromatic N) is 1. The highest BCUT2D eigenvalue weighted by molar-refractivity contribution is 7.80. The van der Waals surface area contributed by atoms with Gasteiger partial charge in [-0.25, -0.2) is 0 Å². The third kappa shape index (κ3) is 5.36. The zero-order valence-electron chi connectivity index (χ0n) is 11.4. The fraction of sp³-hybridized carbons (Fsp3) is 0.429. The van der Waals surface area contributed by atoms with Gasteiger partial charge in [0.2, 0.25) is 5.91 Å². The molecule has 0 spiro atoms. The predicted octanol–water partition coefficient (Wildman–Crippen LogP) is 1.36. The third-order valence-electron chi connectivity index (χ3n) is 2.86. The van der Waals surface area contributed by atoms with Crippen LogP contribution in [0.1, 0.15) is 17.5 Å². The summed E-state index contributed by atoms with van der Waals surface area (Å²) in [5, 5.41) is 0. The van der Waals surface area contributed by atoms with Gasteiger partial charge in [-0.3, -0.25) is 4.79 Å². The Bertz CT molecular complexity index is 432. The molecular weight excluding hydrogens is 260 g/mol. The van der Waals surface area contributed by atoms with E-state index >= 15 is 0 Å². The summed E-state index contributed by atoms with van der Waals surface area (Å²) in [6.07, 6.45) is 1.24. The van der Waals surface area contributed by atoms with Crippen molar-refractivity contribution in [3.05, 3.63) is 35.4 Å². The number of likely N-dealkylation sites (N-methyl/N-ethyl adjacent to an activating group) is 1. The Morgan fingerprint density at radius 1 is 1.37 bits per heavy atom. The Morgan fingerprint density at radius 3 is 2.53 bits per heavy atom. The van der Waals surface area contributed by atoms with Crippen LogP contribution in [-0.4, -0.2) is 43.1 Å². The number of rotatable bonds is 7. The van der Waals surface area contributed by atoms with Crippen molar-refractivity contribution in [2.45, 2.75) is 12.8 Å². The van der Waals surface area contributed by atoms with Gasteiger partial charge in [0.15, 0.2) is 0 Å². The fourth-order valence-electron chi connectivity index (χ4n) is 1.67. The molecule has 0 bridgehead atoms. The predicted molar refractivity (Wildman–Crippen MR) is 80.2 cm³/mol. The Labute approximate surface area is 119 Å². The lowest BCUT2D eigenvalue weighted by Gasteiger charge is -2.17. The van der Waals surface area contributed by atoms with E-state index in [1.165, 1.54) is 0 Å². The third-order valence-corrected chi connectivity index (χ3v) is 3.10. The molecule has 1 aromatic carbocycles. The molecule has 0 saturated heterocycles. The van der Waals surface area contributed by atoms with Crippen molar-refractivity contribution < 1.29 is 9.53 Å². The Balaban J connectivity index is 2.49. The van der Waals surface area contributed by atoms with Crippen LogP contribution in [0.2, 0.25) is 0 Å². The molecule has 0 aromatic heterocycles. The van der Waals surface area contributed by atoms with Crippen LogP contribution >= 0.6 is 12.2 Å². The van der Waals surface area contributed by atoms with Crippen LogP contribution in [0.25, 0.3) is 0 Å². The Kier molecular flexibility index (Phi) is 6.45. The van der Waals surface area contributed by atoms with E-state index in [1.807, 2.05) is 24.3 Å². The molecule has 0 aliphatic carbocycles. The Hall–Kier alpha value is -1.46. The second-order valence-electron chi connectivity index (χ2n) is 4.40. The molecule has 5 heteroatoms. The molecule has 104 valence electrons. The summed E-state index contributed by atoms with van der Waals surface area (Å²) in [7, 11) is 3.46. The second kappa shape index (κ2) is 7.86. The summed E-state index contributed by atoms with van der Waals surface area (Å²) >= 11 is 4.88. The van der Waals surface area contributed by atoms with Crippen molar-refractivity contribution >= 4 is 23.1 Å². The monoisotopic (exact) mass is 280 g/mol. The smallest absolute Gasteiger partial charge is 0.226 e. The number of benzene rings is 1. The van der Waals surface area contributed by atoms with Crippen LogP contribution < -0.4 is 5.73 Å². The van der Waals surface area contributed by atoms with Gasteiger partial charge in [0.1, 0.15) is 4.99 Å². The first kappa shape index (κ1) is 15.6. The average Bonchev–Trinajstić information content (AvgIpc) is 2.39. The molecule has 19 heavy (non-hydrogen) atoms. The van der Waals surface area contributed by atoms with Crippen LogP contribution in [0.4, 0.5) is 0 Å². The maximum atomic E-state index is 12.0. The second-order valence-corrected chi connectivity index (χ2v) is 4.84. The molecule has 0 radical (unpaired) electrons. The molecular formula is C14H20N2O2S. The standard InChI is InChI=1S/C14H20N2O2S/c1-16(8-3-9-18-2)13(17)10-11-4-6-12(7-5-11)14(15)19/h4-7H,3,8-10H2,1-2H3,(H2,15,19). The van der Waals surface area contributed by atoms with Gasteiger partial charge in [0.05, 0.1) is 6.42 Å². The minimum atomic E-state index is 0.0965. The SMILES string of the molecule is COCCCN(C)C(=O)Cc1ccc(C(N)=S)cc1. The van der Waals surface area contributed by atoms with Crippen molar-refractivity contribution in [3.63, 3.8) is 0 Å². The number of hydrogen-bond acceptors (Lipinski definition) is 3. The lowest BCUT2D eigenvalue weighted by molar-refractivity contribution is -0.129. The van der Waals surface area contributed by atoms with Gasteiger partial charge in [-0.1, -0.05) is 36.5 Å². The summed E-state index contributed by atoms with van der Waals surface area (Å²) in [5.41, 5.74) is 7.31. The zero-order valence-corrected chi connectivity index (χ0v) is 12.2. The highest BCUT2D eigenvalue weighted by Gasteiger charge is 2.09. The van der Waals surface area contributed by atoms with Crippen molar-refractivity contribution in [2.75, 3.05) is 27.3 Å². The molecule has 4 nitrogen and oxygen atoms in total. The molecule has 1 amide bonds. The van der Waals surface area contributed by atoms with Gasteiger partial charge in [-0.05, 0) is 12.0 Å². The van der Waals surface area contributed by atoms with Crippen LogP contribution in [0.5, 0.6) is 0 Å². The van der Waals surface area contributed by atoms with Crippen molar-refractivity contribution in [1.82, 2.24) is 4.90 Å². The number of nitrogens with two attached hydrogens (primary N) is 1. The first-order valence-corrected chi connectivity index (χ1v) is 6.57. The van der Waals surface area contributed by atoms with Gasteiger partial charge < -0.3 is 15.4 Å². The summed E-state index contributed by atoms with van der Waals surface area (Å²) in [4.78, 5) is 14.1. The lowest BCUT2D eigenvalue weighted by atomic mass is 10.1. The number of thiocarbonyl (C=S) groups is 1.